The summed E-state index contributed by atoms with van der Waals surface area (Å²) in [6.45, 7) is 2.00. The van der Waals surface area contributed by atoms with Crippen molar-refractivity contribution in [2.75, 3.05) is 12.8 Å². The van der Waals surface area contributed by atoms with Gasteiger partial charge in [0, 0.05) is 0 Å². The molecule has 0 aromatic heterocycles. The number of nitrogens with two attached hydrogens (primary N) is 1. The molecule has 0 amide bonds. The van der Waals surface area contributed by atoms with Crippen molar-refractivity contribution in [3.63, 3.8) is 0 Å². The zero-order valence-electron chi connectivity index (χ0n) is 10.1. The summed E-state index contributed by atoms with van der Waals surface area (Å²) in [6.07, 6.45) is 0. The van der Waals surface area contributed by atoms with Gasteiger partial charge in [0.15, 0.2) is 0 Å². The van der Waals surface area contributed by atoms with Crippen LogP contribution in [0.15, 0.2) is 48.5 Å². The Balaban J connectivity index is 0.000000181. The quantitative estimate of drug-likeness (QED) is 0.742. The van der Waals surface area contributed by atoms with Gasteiger partial charge in [-0.05, 0) is 36.8 Å². The number of nitrogen functional groups attached to an aromatic ring is 1. The fourth-order valence-corrected chi connectivity index (χ4v) is 1.28. The molecular weight excluding hydrogens is 214 g/mol. The maximum atomic E-state index is 8.63. The van der Waals surface area contributed by atoms with Gasteiger partial charge in [0.25, 0.3) is 0 Å². The fraction of sp³-hybridized carbons (Fsp3) is 0.143. The Morgan fingerprint density at radius 2 is 1.71 bits per heavy atom. The van der Waals surface area contributed by atoms with Crippen LogP contribution in [0.5, 0.6) is 11.5 Å². The summed E-state index contributed by atoms with van der Waals surface area (Å²) >= 11 is 0. The Kier molecular flexibility index (Phi) is 4.88. The number of benzene rings is 2. The van der Waals surface area contributed by atoms with Crippen molar-refractivity contribution in [2.45, 2.75) is 6.92 Å². The van der Waals surface area contributed by atoms with Gasteiger partial charge in [-0.1, -0.05) is 24.3 Å². The average Bonchev–Trinajstić information content (AvgIpc) is 2.31. The number of hydrogen-bond donors (Lipinski definition) is 2. The lowest BCUT2D eigenvalue weighted by atomic mass is 10.2. The molecule has 2 aromatic carbocycles. The van der Waals surface area contributed by atoms with Gasteiger partial charge in [-0.15, -0.1) is 0 Å². The highest BCUT2D eigenvalue weighted by Gasteiger charge is 1.95. The van der Waals surface area contributed by atoms with Crippen LogP contribution in [0.1, 0.15) is 5.56 Å². The van der Waals surface area contributed by atoms with E-state index in [9.17, 15) is 0 Å². The third-order valence-electron chi connectivity index (χ3n) is 2.14. The van der Waals surface area contributed by atoms with Crippen molar-refractivity contribution in [1.29, 1.82) is 0 Å². The summed E-state index contributed by atoms with van der Waals surface area (Å²) in [7, 11) is 1.61. The number of rotatable bonds is 1. The first-order valence-corrected chi connectivity index (χ1v) is 5.27. The third-order valence-corrected chi connectivity index (χ3v) is 2.14. The van der Waals surface area contributed by atoms with Crippen molar-refractivity contribution in [3.8, 4) is 11.5 Å². The minimum absolute atomic E-state index is 0.322. The fourth-order valence-electron chi connectivity index (χ4n) is 1.28. The van der Waals surface area contributed by atoms with Crippen LogP contribution >= 0.6 is 0 Å². The largest absolute Gasteiger partial charge is 0.508 e. The zero-order chi connectivity index (χ0) is 12.7. The minimum Gasteiger partial charge on any atom is -0.508 e. The predicted octanol–water partition coefficient (Wildman–Crippen LogP) is 2.98. The molecule has 0 bridgehead atoms. The summed E-state index contributed by atoms with van der Waals surface area (Å²) in [6, 6.07) is 14.4. The van der Waals surface area contributed by atoms with Crippen molar-refractivity contribution in [3.05, 3.63) is 54.1 Å². The molecule has 2 aromatic rings. The van der Waals surface area contributed by atoms with E-state index in [4.69, 9.17) is 15.6 Å². The maximum Gasteiger partial charge on any atom is 0.141 e. The Bertz CT molecular complexity index is 455. The van der Waals surface area contributed by atoms with Crippen LogP contribution in [0, 0.1) is 6.92 Å². The Labute approximate surface area is 101 Å². The normalized spacial score (nSPS) is 9.06. The first kappa shape index (κ1) is 12.9. The van der Waals surface area contributed by atoms with Crippen LogP contribution in [0.2, 0.25) is 0 Å². The Morgan fingerprint density at radius 1 is 1.06 bits per heavy atom. The molecule has 0 saturated carbocycles. The van der Waals surface area contributed by atoms with Gasteiger partial charge < -0.3 is 15.6 Å². The zero-order valence-corrected chi connectivity index (χ0v) is 10.1. The van der Waals surface area contributed by atoms with E-state index in [0.717, 1.165) is 11.3 Å². The lowest BCUT2D eigenvalue weighted by Crippen LogP contribution is -1.91. The highest BCUT2D eigenvalue weighted by Crippen LogP contribution is 2.20. The van der Waals surface area contributed by atoms with E-state index < -0.39 is 0 Å². The lowest BCUT2D eigenvalue weighted by molar-refractivity contribution is 0.417. The first-order valence-electron chi connectivity index (χ1n) is 5.27. The van der Waals surface area contributed by atoms with Crippen LogP contribution in [0.3, 0.4) is 0 Å². The molecule has 0 saturated heterocycles. The van der Waals surface area contributed by atoms with Crippen LogP contribution in [-0.4, -0.2) is 12.2 Å². The van der Waals surface area contributed by atoms with E-state index in [1.807, 2.05) is 31.2 Å². The van der Waals surface area contributed by atoms with E-state index in [0.29, 0.717) is 11.4 Å². The number of phenolic OH excluding ortho intramolecular Hbond substituents is 1. The highest BCUT2D eigenvalue weighted by atomic mass is 16.5. The molecule has 0 spiro atoms. The molecule has 0 aliphatic carbocycles. The molecule has 0 aliphatic heterocycles. The summed E-state index contributed by atoms with van der Waals surface area (Å²) in [4.78, 5) is 0. The number of aromatic hydroxyl groups is 1. The summed E-state index contributed by atoms with van der Waals surface area (Å²) < 4.78 is 4.97. The number of ether oxygens (including phenoxy) is 1. The number of para-hydroxylation sites is 1. The Hall–Kier alpha value is -2.16. The first-order chi connectivity index (χ1) is 8.13. The van der Waals surface area contributed by atoms with Gasteiger partial charge in [0.2, 0.25) is 0 Å². The van der Waals surface area contributed by atoms with Crippen molar-refractivity contribution in [2.24, 2.45) is 0 Å². The number of aryl methyl sites for hydroxylation is 1. The van der Waals surface area contributed by atoms with Gasteiger partial charge in [-0.2, -0.15) is 0 Å². The van der Waals surface area contributed by atoms with Crippen LogP contribution in [0.4, 0.5) is 5.69 Å². The van der Waals surface area contributed by atoms with Gasteiger partial charge in [0.05, 0.1) is 12.8 Å². The number of hydrogen-bond acceptors (Lipinski definition) is 3. The summed E-state index contributed by atoms with van der Waals surface area (Å²) in [5.74, 6) is 1.06. The molecule has 3 N–H and O–H groups in total. The minimum atomic E-state index is 0.322. The van der Waals surface area contributed by atoms with Crippen molar-refractivity contribution >= 4 is 5.69 Å². The number of methoxy groups -OCH3 is 1. The standard InChI is InChI=1S/C8H11NO.C6H6O/c1-6-3-4-8(10-2)7(9)5-6;7-6-4-2-1-3-5-6/h3-5H,9H2,1-2H3;1-5,7H. The molecule has 0 unspecified atom stereocenters. The Morgan fingerprint density at radius 3 is 2.12 bits per heavy atom. The molecule has 17 heavy (non-hydrogen) atoms. The monoisotopic (exact) mass is 231 g/mol. The molecule has 90 valence electrons. The molecule has 0 aliphatic rings. The molecular formula is C14H17NO2. The van der Waals surface area contributed by atoms with Gasteiger partial charge in [-0.3, -0.25) is 0 Å². The van der Waals surface area contributed by atoms with E-state index in [1.165, 1.54) is 0 Å². The van der Waals surface area contributed by atoms with Gasteiger partial charge in [0.1, 0.15) is 11.5 Å². The van der Waals surface area contributed by atoms with E-state index in [2.05, 4.69) is 0 Å². The second kappa shape index (κ2) is 6.43. The predicted molar refractivity (Wildman–Crippen MR) is 70.3 cm³/mol. The smallest absolute Gasteiger partial charge is 0.141 e. The van der Waals surface area contributed by atoms with E-state index >= 15 is 0 Å². The van der Waals surface area contributed by atoms with Crippen molar-refractivity contribution in [1.82, 2.24) is 0 Å². The molecule has 0 radical (unpaired) electrons. The van der Waals surface area contributed by atoms with Crippen LogP contribution < -0.4 is 10.5 Å². The molecule has 0 heterocycles. The van der Waals surface area contributed by atoms with Crippen molar-refractivity contribution < 1.29 is 9.84 Å². The average molecular weight is 231 g/mol. The SMILES string of the molecule is COc1ccc(C)cc1N.Oc1ccccc1. The lowest BCUT2D eigenvalue weighted by Gasteiger charge is -2.03. The van der Waals surface area contributed by atoms with Crippen LogP contribution in [0.25, 0.3) is 0 Å². The van der Waals surface area contributed by atoms with Crippen LogP contribution in [-0.2, 0) is 0 Å². The molecule has 2 rings (SSSR count). The maximum absolute atomic E-state index is 8.63. The molecule has 0 fully saturated rings. The second-order valence-corrected chi connectivity index (χ2v) is 3.58. The number of phenols is 1. The van der Waals surface area contributed by atoms with E-state index in [1.54, 1.807) is 31.4 Å². The summed E-state index contributed by atoms with van der Waals surface area (Å²) in [5, 5.41) is 8.63. The molecule has 3 nitrogen and oxygen atoms in total. The molecule has 3 heteroatoms. The van der Waals surface area contributed by atoms with Gasteiger partial charge >= 0.3 is 0 Å². The van der Waals surface area contributed by atoms with Gasteiger partial charge in [-0.25, -0.2) is 0 Å². The molecule has 0 atom stereocenters. The third kappa shape index (κ3) is 4.47. The summed E-state index contributed by atoms with van der Waals surface area (Å²) in [5.41, 5.74) is 7.45. The number of anilines is 1. The van der Waals surface area contributed by atoms with E-state index in [-0.39, 0.29) is 0 Å². The second-order valence-electron chi connectivity index (χ2n) is 3.58. The highest BCUT2D eigenvalue weighted by molar-refractivity contribution is 5.53. The topological polar surface area (TPSA) is 55.5 Å².